The Morgan fingerprint density at radius 2 is 0.524 bits per heavy atom. The lowest BCUT2D eigenvalue weighted by Gasteiger charge is -2.18. The van der Waals surface area contributed by atoms with Crippen LogP contribution in [0.25, 0.3) is 66.1 Å². The molecule has 0 heterocycles. The van der Waals surface area contributed by atoms with Crippen LogP contribution in [0.15, 0.2) is 146 Å². The molecule has 0 amide bonds. The van der Waals surface area contributed by atoms with Crippen LogP contribution in [0.1, 0.15) is 11.1 Å². The second kappa shape index (κ2) is 10.5. The van der Waals surface area contributed by atoms with E-state index in [-0.39, 0.29) is 0 Å². The van der Waals surface area contributed by atoms with E-state index in [9.17, 15) is 0 Å². The lowest BCUT2D eigenvalue weighted by molar-refractivity contribution is 1.48. The van der Waals surface area contributed by atoms with Crippen LogP contribution < -0.4 is 0 Å². The van der Waals surface area contributed by atoms with Crippen molar-refractivity contribution in [2.45, 2.75) is 0 Å². The Bertz CT molecular complexity index is 1940. The van der Waals surface area contributed by atoms with Crippen molar-refractivity contribution in [3.8, 4) is 56.6 Å². The van der Waals surface area contributed by atoms with Crippen molar-refractivity contribution < 1.29 is 0 Å². The summed E-state index contributed by atoms with van der Waals surface area (Å²) in [5.74, 6) is 0. The predicted molar refractivity (Wildman–Crippen MR) is 173 cm³/mol. The summed E-state index contributed by atoms with van der Waals surface area (Å²) in [7, 11) is 0. The van der Waals surface area contributed by atoms with Gasteiger partial charge in [-0.15, -0.1) is 0 Å². The molecule has 42 heavy (non-hydrogen) atoms. The van der Waals surface area contributed by atoms with Crippen molar-refractivity contribution >= 4 is 21.5 Å². The van der Waals surface area contributed by atoms with E-state index < -0.39 is 0 Å². The lowest BCUT2D eigenvalue weighted by atomic mass is 9.85. The highest BCUT2D eigenvalue weighted by Crippen LogP contribution is 2.44. The summed E-state index contributed by atoms with van der Waals surface area (Å²) >= 11 is 0. The third kappa shape index (κ3) is 4.39. The Labute approximate surface area is 245 Å². The Balaban J connectivity index is 1.36. The maximum atomic E-state index is 9.14. The highest BCUT2D eigenvalue weighted by molar-refractivity contribution is 6.21. The first-order chi connectivity index (χ1) is 20.7. The zero-order chi connectivity index (χ0) is 28.5. The van der Waals surface area contributed by atoms with Crippen molar-refractivity contribution in [1.82, 2.24) is 0 Å². The van der Waals surface area contributed by atoms with E-state index in [4.69, 9.17) is 10.5 Å². The van der Waals surface area contributed by atoms with Gasteiger partial charge in [0.2, 0.25) is 0 Å². The van der Waals surface area contributed by atoms with Gasteiger partial charge in [-0.05, 0) is 90.3 Å². The van der Waals surface area contributed by atoms with Gasteiger partial charge in [-0.2, -0.15) is 10.5 Å². The summed E-state index contributed by atoms with van der Waals surface area (Å²) in [6.07, 6.45) is 0. The van der Waals surface area contributed by atoms with Gasteiger partial charge in [0.25, 0.3) is 0 Å². The van der Waals surface area contributed by atoms with Crippen molar-refractivity contribution in [3.63, 3.8) is 0 Å². The fourth-order valence-corrected chi connectivity index (χ4v) is 5.88. The molecule has 0 saturated carbocycles. The molecule has 0 spiro atoms. The maximum absolute atomic E-state index is 9.14. The fraction of sp³-hybridized carbons (Fsp3) is 0. The monoisotopic (exact) mass is 532 g/mol. The van der Waals surface area contributed by atoms with E-state index in [1.165, 1.54) is 43.8 Å². The Kier molecular flexibility index (Phi) is 6.29. The maximum Gasteiger partial charge on any atom is 0.0991 e. The standard InChI is InChI=1S/C40H24N2/c41-25-27-9-13-29(14-10-27)31-17-21-33(22-18-31)39-35-5-1-2-6-36(35)40(38-8-4-3-7-37(38)39)34-23-19-32(20-24-34)30-15-11-28(26-42)12-16-30/h1-24H. The van der Waals surface area contributed by atoms with Crippen LogP contribution in [0.5, 0.6) is 0 Å². The topological polar surface area (TPSA) is 47.6 Å². The molecular weight excluding hydrogens is 508 g/mol. The van der Waals surface area contributed by atoms with Gasteiger partial charge in [0.1, 0.15) is 0 Å². The van der Waals surface area contributed by atoms with Gasteiger partial charge < -0.3 is 0 Å². The molecule has 0 fully saturated rings. The van der Waals surface area contributed by atoms with Gasteiger partial charge in [0.05, 0.1) is 23.3 Å². The quantitative estimate of drug-likeness (QED) is 0.212. The summed E-state index contributed by atoms with van der Waals surface area (Å²) < 4.78 is 0. The third-order valence-electron chi connectivity index (χ3n) is 7.97. The number of benzene rings is 7. The Morgan fingerprint density at radius 1 is 0.286 bits per heavy atom. The smallest absolute Gasteiger partial charge is 0.0991 e. The highest BCUT2D eigenvalue weighted by atomic mass is 14.2. The largest absolute Gasteiger partial charge is 0.192 e. The second-order valence-corrected chi connectivity index (χ2v) is 10.4. The molecule has 2 nitrogen and oxygen atoms in total. The normalized spacial score (nSPS) is 10.8. The molecule has 7 aromatic carbocycles. The van der Waals surface area contributed by atoms with Crippen molar-refractivity contribution in [2.75, 3.05) is 0 Å². The van der Waals surface area contributed by atoms with Crippen molar-refractivity contribution in [1.29, 1.82) is 10.5 Å². The van der Waals surface area contributed by atoms with Crippen LogP contribution in [0.4, 0.5) is 0 Å². The van der Waals surface area contributed by atoms with Gasteiger partial charge in [-0.3, -0.25) is 0 Å². The van der Waals surface area contributed by atoms with Crippen LogP contribution >= 0.6 is 0 Å². The summed E-state index contributed by atoms with van der Waals surface area (Å²) in [6, 6.07) is 54.6. The predicted octanol–water partition coefficient (Wildman–Crippen LogP) is 10.4. The number of nitrogens with zero attached hydrogens (tertiary/aromatic N) is 2. The molecule has 0 bridgehead atoms. The van der Waals surface area contributed by atoms with Gasteiger partial charge >= 0.3 is 0 Å². The van der Waals surface area contributed by atoms with Crippen LogP contribution in [0, 0.1) is 22.7 Å². The minimum atomic E-state index is 0.664. The van der Waals surface area contributed by atoms with Crippen LogP contribution in [0.2, 0.25) is 0 Å². The average Bonchev–Trinajstić information content (AvgIpc) is 3.07. The number of hydrogen-bond donors (Lipinski definition) is 0. The Morgan fingerprint density at radius 3 is 0.786 bits per heavy atom. The molecule has 0 atom stereocenters. The van der Waals surface area contributed by atoms with E-state index in [0.29, 0.717) is 11.1 Å². The third-order valence-corrected chi connectivity index (χ3v) is 7.97. The number of rotatable bonds is 4. The van der Waals surface area contributed by atoms with Gasteiger partial charge in [0.15, 0.2) is 0 Å². The van der Waals surface area contributed by atoms with Crippen LogP contribution in [-0.2, 0) is 0 Å². The van der Waals surface area contributed by atoms with E-state index >= 15 is 0 Å². The molecule has 0 aliphatic heterocycles. The van der Waals surface area contributed by atoms with E-state index in [1.807, 2.05) is 48.5 Å². The molecule has 0 aliphatic rings. The van der Waals surface area contributed by atoms with E-state index in [2.05, 4.69) is 109 Å². The van der Waals surface area contributed by atoms with Gasteiger partial charge in [-0.25, -0.2) is 0 Å². The molecule has 7 rings (SSSR count). The second-order valence-electron chi connectivity index (χ2n) is 10.4. The first-order valence-electron chi connectivity index (χ1n) is 13.9. The average molecular weight is 533 g/mol. The zero-order valence-corrected chi connectivity index (χ0v) is 22.8. The fourth-order valence-electron chi connectivity index (χ4n) is 5.88. The molecule has 0 unspecified atom stereocenters. The highest BCUT2D eigenvalue weighted by Gasteiger charge is 2.16. The number of nitriles is 2. The summed E-state index contributed by atoms with van der Waals surface area (Å²) in [5.41, 5.74) is 10.5. The molecule has 7 aromatic rings. The molecule has 194 valence electrons. The van der Waals surface area contributed by atoms with E-state index in [1.54, 1.807) is 0 Å². The van der Waals surface area contributed by atoms with Crippen molar-refractivity contribution in [3.05, 3.63) is 157 Å². The minimum absolute atomic E-state index is 0.664. The van der Waals surface area contributed by atoms with Gasteiger partial charge in [0, 0.05) is 0 Å². The summed E-state index contributed by atoms with van der Waals surface area (Å²) in [4.78, 5) is 0. The zero-order valence-electron chi connectivity index (χ0n) is 22.8. The molecule has 0 aliphatic carbocycles. The van der Waals surface area contributed by atoms with Crippen LogP contribution in [0.3, 0.4) is 0 Å². The molecule has 0 saturated heterocycles. The number of hydrogen-bond acceptors (Lipinski definition) is 2. The molecule has 0 radical (unpaired) electrons. The summed E-state index contributed by atoms with van der Waals surface area (Å²) in [5, 5.41) is 23.2. The first kappa shape index (κ1) is 25.0. The number of fused-ring (bicyclic) bond motifs is 2. The lowest BCUT2D eigenvalue weighted by Crippen LogP contribution is -1.91. The minimum Gasteiger partial charge on any atom is -0.192 e. The SMILES string of the molecule is N#Cc1ccc(-c2ccc(-c3c4ccccc4c(-c4ccc(-c5ccc(C#N)cc5)cc4)c4ccccc34)cc2)cc1. The van der Waals surface area contributed by atoms with E-state index in [0.717, 1.165) is 22.3 Å². The molecular formula is C40H24N2. The van der Waals surface area contributed by atoms with Crippen molar-refractivity contribution in [2.24, 2.45) is 0 Å². The molecule has 0 aromatic heterocycles. The van der Waals surface area contributed by atoms with Gasteiger partial charge in [-0.1, -0.05) is 121 Å². The van der Waals surface area contributed by atoms with Crippen LogP contribution in [-0.4, -0.2) is 0 Å². The summed E-state index contributed by atoms with van der Waals surface area (Å²) in [6.45, 7) is 0. The Hall–Kier alpha value is -5.96. The first-order valence-corrected chi connectivity index (χ1v) is 13.9. The molecule has 2 heteroatoms. The molecule has 0 N–H and O–H groups in total.